The summed E-state index contributed by atoms with van der Waals surface area (Å²) in [7, 11) is 0. The minimum absolute atomic E-state index is 0.0932. The van der Waals surface area contributed by atoms with Gasteiger partial charge in [-0.05, 0) is 55.3 Å². The maximum absolute atomic E-state index is 5.96. The van der Waals surface area contributed by atoms with Gasteiger partial charge in [-0.2, -0.15) is 0 Å². The van der Waals surface area contributed by atoms with Crippen LogP contribution in [0.3, 0.4) is 0 Å². The number of ether oxygens (including phenoxy) is 1. The van der Waals surface area contributed by atoms with Crippen molar-refractivity contribution in [2.24, 2.45) is 5.41 Å². The fraction of sp³-hybridized carbons (Fsp3) is 0.647. The van der Waals surface area contributed by atoms with Crippen molar-refractivity contribution >= 4 is 0 Å². The van der Waals surface area contributed by atoms with Crippen LogP contribution in [-0.4, -0.2) is 12.6 Å². The van der Waals surface area contributed by atoms with Crippen LogP contribution in [0.15, 0.2) is 24.3 Å². The molecule has 2 nitrogen and oxygen atoms in total. The van der Waals surface area contributed by atoms with Crippen molar-refractivity contribution in [1.82, 2.24) is 5.32 Å². The van der Waals surface area contributed by atoms with Crippen LogP contribution in [-0.2, 0) is 5.54 Å². The van der Waals surface area contributed by atoms with E-state index in [1.54, 1.807) is 0 Å². The number of benzene rings is 1. The van der Waals surface area contributed by atoms with Gasteiger partial charge in [0, 0.05) is 5.54 Å². The summed E-state index contributed by atoms with van der Waals surface area (Å²) in [5.74, 6) is 1.04. The van der Waals surface area contributed by atoms with Crippen molar-refractivity contribution in [3.8, 4) is 5.75 Å². The van der Waals surface area contributed by atoms with E-state index >= 15 is 0 Å². The molecule has 0 radical (unpaired) electrons. The van der Waals surface area contributed by atoms with Gasteiger partial charge < -0.3 is 10.1 Å². The van der Waals surface area contributed by atoms with Gasteiger partial charge in [0.15, 0.2) is 0 Å². The third-order valence-electron chi connectivity index (χ3n) is 4.59. The van der Waals surface area contributed by atoms with Crippen molar-refractivity contribution in [3.05, 3.63) is 29.8 Å². The van der Waals surface area contributed by atoms with E-state index in [9.17, 15) is 0 Å². The van der Waals surface area contributed by atoms with Gasteiger partial charge in [0.2, 0.25) is 0 Å². The van der Waals surface area contributed by atoms with E-state index in [1.807, 2.05) is 0 Å². The lowest BCUT2D eigenvalue weighted by Gasteiger charge is -2.43. The quantitative estimate of drug-likeness (QED) is 0.890. The van der Waals surface area contributed by atoms with Gasteiger partial charge in [-0.25, -0.2) is 0 Å². The summed E-state index contributed by atoms with van der Waals surface area (Å²) in [6.45, 7) is 8.12. The summed E-state index contributed by atoms with van der Waals surface area (Å²) in [6.07, 6.45) is 5.37. The van der Waals surface area contributed by atoms with Crippen molar-refractivity contribution in [1.29, 1.82) is 0 Å². The smallest absolute Gasteiger partial charge is 0.120 e. The Kier molecular flexibility index (Phi) is 3.09. The molecule has 1 aromatic rings. The van der Waals surface area contributed by atoms with Crippen LogP contribution >= 0.6 is 0 Å². The van der Waals surface area contributed by atoms with Crippen molar-refractivity contribution in [2.75, 3.05) is 6.54 Å². The van der Waals surface area contributed by atoms with Crippen molar-refractivity contribution in [3.63, 3.8) is 0 Å². The normalized spacial score (nSPS) is 27.5. The lowest BCUT2D eigenvalue weighted by molar-refractivity contribution is 0.160. The SMILES string of the molecule is CC(C)(C)C1(c2cccc(OC3CC3)c2)CCCN1. The van der Waals surface area contributed by atoms with Gasteiger partial charge in [-0.1, -0.05) is 32.9 Å². The maximum atomic E-state index is 5.96. The Bertz CT molecular complexity index is 451. The third kappa shape index (κ3) is 2.38. The van der Waals surface area contributed by atoms with E-state index < -0.39 is 0 Å². The molecular weight excluding hydrogens is 234 g/mol. The fourth-order valence-corrected chi connectivity index (χ4v) is 3.28. The predicted octanol–water partition coefficient (Wildman–Crippen LogP) is 3.85. The minimum atomic E-state index is 0.0932. The first kappa shape index (κ1) is 13.0. The summed E-state index contributed by atoms with van der Waals surface area (Å²) in [6, 6.07) is 8.74. The topological polar surface area (TPSA) is 21.3 Å². The lowest BCUT2D eigenvalue weighted by Crippen LogP contribution is -2.48. The van der Waals surface area contributed by atoms with Gasteiger partial charge >= 0.3 is 0 Å². The van der Waals surface area contributed by atoms with Crippen LogP contribution in [0.4, 0.5) is 0 Å². The minimum Gasteiger partial charge on any atom is -0.490 e. The molecule has 19 heavy (non-hydrogen) atoms. The van der Waals surface area contributed by atoms with E-state index in [0.717, 1.165) is 12.3 Å². The molecule has 0 spiro atoms. The Morgan fingerprint density at radius 2 is 2.05 bits per heavy atom. The molecule has 2 aliphatic rings. The Morgan fingerprint density at radius 1 is 1.26 bits per heavy atom. The van der Waals surface area contributed by atoms with E-state index in [0.29, 0.717) is 6.10 Å². The second-order valence-corrected chi connectivity index (χ2v) is 7.03. The molecule has 3 rings (SSSR count). The summed E-state index contributed by atoms with van der Waals surface area (Å²) < 4.78 is 5.96. The van der Waals surface area contributed by atoms with Crippen LogP contribution in [0.1, 0.15) is 52.0 Å². The Morgan fingerprint density at radius 3 is 2.63 bits per heavy atom. The summed E-state index contributed by atoms with van der Waals surface area (Å²) >= 11 is 0. The number of rotatable bonds is 3. The van der Waals surface area contributed by atoms with Crippen molar-refractivity contribution in [2.45, 2.75) is 58.1 Å². The average Bonchev–Trinajstić information content (AvgIpc) is 3.01. The first-order valence-electron chi connectivity index (χ1n) is 7.53. The summed E-state index contributed by atoms with van der Waals surface area (Å²) in [5.41, 5.74) is 1.69. The van der Waals surface area contributed by atoms with Gasteiger partial charge in [-0.15, -0.1) is 0 Å². The fourth-order valence-electron chi connectivity index (χ4n) is 3.28. The molecule has 1 N–H and O–H groups in total. The molecule has 2 fully saturated rings. The number of hydrogen-bond acceptors (Lipinski definition) is 2. The van der Waals surface area contributed by atoms with Crippen LogP contribution in [0.2, 0.25) is 0 Å². The second kappa shape index (κ2) is 4.52. The number of hydrogen-bond donors (Lipinski definition) is 1. The number of nitrogens with one attached hydrogen (secondary N) is 1. The highest BCUT2D eigenvalue weighted by Gasteiger charge is 2.45. The van der Waals surface area contributed by atoms with E-state index in [2.05, 4.69) is 50.4 Å². The molecule has 1 atom stereocenters. The molecule has 1 aliphatic carbocycles. The zero-order chi connectivity index (χ0) is 13.5. The second-order valence-electron chi connectivity index (χ2n) is 7.03. The molecule has 1 aromatic carbocycles. The summed E-state index contributed by atoms with van der Waals surface area (Å²) in [5, 5.41) is 3.77. The van der Waals surface area contributed by atoms with Gasteiger partial charge in [0.05, 0.1) is 6.10 Å². The van der Waals surface area contributed by atoms with E-state index in [4.69, 9.17) is 4.74 Å². The van der Waals surface area contributed by atoms with Gasteiger partial charge in [0.1, 0.15) is 5.75 Å². The van der Waals surface area contributed by atoms with Crippen molar-refractivity contribution < 1.29 is 4.74 Å². The zero-order valence-electron chi connectivity index (χ0n) is 12.3. The van der Waals surface area contributed by atoms with Crippen LogP contribution in [0.25, 0.3) is 0 Å². The predicted molar refractivity (Wildman–Crippen MR) is 78.5 cm³/mol. The Balaban J connectivity index is 1.93. The van der Waals surface area contributed by atoms with Gasteiger partial charge in [-0.3, -0.25) is 0 Å². The molecule has 1 aliphatic heterocycles. The largest absolute Gasteiger partial charge is 0.490 e. The molecule has 1 unspecified atom stereocenters. The van der Waals surface area contributed by atoms with E-state index in [1.165, 1.54) is 31.2 Å². The molecule has 1 saturated heterocycles. The molecular formula is C17H25NO. The summed E-state index contributed by atoms with van der Waals surface area (Å²) in [4.78, 5) is 0. The molecule has 2 heteroatoms. The van der Waals surface area contributed by atoms with Crippen LogP contribution < -0.4 is 10.1 Å². The molecule has 104 valence electrons. The lowest BCUT2D eigenvalue weighted by atomic mass is 9.68. The highest BCUT2D eigenvalue weighted by atomic mass is 16.5. The molecule has 0 amide bonds. The molecule has 1 saturated carbocycles. The third-order valence-corrected chi connectivity index (χ3v) is 4.59. The maximum Gasteiger partial charge on any atom is 0.120 e. The highest BCUT2D eigenvalue weighted by Crippen LogP contribution is 2.46. The molecule has 0 bridgehead atoms. The van der Waals surface area contributed by atoms with Crippen LogP contribution in [0.5, 0.6) is 5.75 Å². The molecule has 1 heterocycles. The first-order chi connectivity index (χ1) is 9.01. The Labute approximate surface area is 116 Å². The van der Waals surface area contributed by atoms with Gasteiger partial charge in [0.25, 0.3) is 0 Å². The van der Waals surface area contributed by atoms with E-state index in [-0.39, 0.29) is 11.0 Å². The average molecular weight is 259 g/mol. The highest BCUT2D eigenvalue weighted by molar-refractivity contribution is 5.36. The molecule has 0 aromatic heterocycles. The zero-order valence-corrected chi connectivity index (χ0v) is 12.3. The van der Waals surface area contributed by atoms with Crippen LogP contribution in [0, 0.1) is 5.41 Å². The Hall–Kier alpha value is -1.02. The monoisotopic (exact) mass is 259 g/mol. The first-order valence-corrected chi connectivity index (χ1v) is 7.53. The standard InChI is InChI=1S/C17H25NO/c1-16(2,3)17(10-5-11-18-17)13-6-4-7-15(12-13)19-14-8-9-14/h4,6-7,12,14,18H,5,8-11H2,1-3H3.